The Labute approximate surface area is 124 Å². The highest BCUT2D eigenvalue weighted by Gasteiger charge is 2.29. The average Bonchev–Trinajstić information content (AvgIpc) is 2.35. The van der Waals surface area contributed by atoms with E-state index in [0.717, 1.165) is 18.4 Å². The van der Waals surface area contributed by atoms with Gasteiger partial charge in [-0.15, -0.1) is 0 Å². The van der Waals surface area contributed by atoms with Crippen molar-refractivity contribution in [3.8, 4) is 5.75 Å². The molecule has 5 heteroatoms. The van der Waals surface area contributed by atoms with E-state index in [1.165, 1.54) is 0 Å². The zero-order valence-corrected chi connectivity index (χ0v) is 12.6. The number of hydrogen-bond donors (Lipinski definition) is 1. The Morgan fingerprint density at radius 3 is 2.80 bits per heavy atom. The lowest BCUT2D eigenvalue weighted by Gasteiger charge is -2.34. The molecule has 1 N–H and O–H groups in total. The quantitative estimate of drug-likeness (QED) is 0.907. The number of aliphatic hydroxyl groups excluding tert-OH is 1. The molecule has 0 unspecified atom stereocenters. The number of ether oxygens (including phenoxy) is 1. The molecule has 1 amide bonds. The first-order chi connectivity index (χ1) is 9.45. The van der Waals surface area contributed by atoms with Crippen LogP contribution < -0.4 is 4.74 Å². The number of nitrogens with zero attached hydrogens (tertiary/aromatic N) is 1. The predicted octanol–water partition coefficient (Wildman–Crippen LogP) is 2.26. The van der Waals surface area contributed by atoms with Crippen LogP contribution in [0.2, 0.25) is 5.02 Å². The van der Waals surface area contributed by atoms with Crippen molar-refractivity contribution in [2.24, 2.45) is 5.92 Å². The summed E-state index contributed by atoms with van der Waals surface area (Å²) in [4.78, 5) is 13.6. The van der Waals surface area contributed by atoms with Crippen molar-refractivity contribution in [1.29, 1.82) is 0 Å². The summed E-state index contributed by atoms with van der Waals surface area (Å²) in [6.07, 6.45) is 1.39. The summed E-state index contributed by atoms with van der Waals surface area (Å²) in [6.45, 7) is 2.60. The number of carbonyl (C=O) groups excluding carboxylic acids is 1. The zero-order chi connectivity index (χ0) is 14.7. The van der Waals surface area contributed by atoms with Crippen LogP contribution in [0.1, 0.15) is 18.4 Å². The second kappa shape index (κ2) is 6.46. The summed E-state index contributed by atoms with van der Waals surface area (Å²) < 4.78 is 5.53. The highest BCUT2D eigenvalue weighted by molar-refractivity contribution is 6.30. The molecule has 1 aromatic carbocycles. The first kappa shape index (κ1) is 15.1. The maximum Gasteiger partial charge on any atom is 0.260 e. The van der Waals surface area contributed by atoms with Crippen molar-refractivity contribution < 1.29 is 14.6 Å². The monoisotopic (exact) mass is 297 g/mol. The first-order valence-electron chi connectivity index (χ1n) is 6.76. The topological polar surface area (TPSA) is 49.8 Å². The van der Waals surface area contributed by atoms with Gasteiger partial charge >= 0.3 is 0 Å². The molecular weight excluding hydrogens is 278 g/mol. The smallest absolute Gasteiger partial charge is 0.260 e. The molecule has 0 heterocycles. The minimum absolute atomic E-state index is 0.0221. The molecule has 2 rings (SSSR count). The first-order valence-corrected chi connectivity index (χ1v) is 7.14. The van der Waals surface area contributed by atoms with Crippen LogP contribution in [0.25, 0.3) is 0 Å². The molecule has 0 aromatic heterocycles. The van der Waals surface area contributed by atoms with Gasteiger partial charge in [0.05, 0.1) is 6.10 Å². The molecule has 1 aliphatic rings. The van der Waals surface area contributed by atoms with Crippen molar-refractivity contribution in [1.82, 2.24) is 4.90 Å². The Hall–Kier alpha value is -1.26. The maximum absolute atomic E-state index is 12.0. The lowest BCUT2D eigenvalue weighted by Crippen LogP contribution is -2.41. The summed E-state index contributed by atoms with van der Waals surface area (Å²) >= 11 is 5.87. The van der Waals surface area contributed by atoms with Crippen molar-refractivity contribution in [3.05, 3.63) is 28.8 Å². The normalized spacial score (nSPS) is 21.2. The van der Waals surface area contributed by atoms with Crippen molar-refractivity contribution in [2.45, 2.75) is 25.9 Å². The molecule has 20 heavy (non-hydrogen) atoms. The molecule has 1 fully saturated rings. The van der Waals surface area contributed by atoms with E-state index in [1.807, 2.05) is 6.92 Å². The summed E-state index contributed by atoms with van der Waals surface area (Å²) in [6, 6.07) is 5.32. The third-order valence-corrected chi connectivity index (χ3v) is 3.89. The Balaban J connectivity index is 1.79. The highest BCUT2D eigenvalue weighted by Crippen LogP contribution is 2.27. The summed E-state index contributed by atoms with van der Waals surface area (Å²) in [5.74, 6) is 1.03. The number of rotatable bonds is 5. The van der Waals surface area contributed by atoms with Gasteiger partial charge in [-0.1, -0.05) is 11.6 Å². The fourth-order valence-electron chi connectivity index (χ4n) is 2.36. The number of benzene rings is 1. The van der Waals surface area contributed by atoms with Crippen LogP contribution in [0.4, 0.5) is 0 Å². The van der Waals surface area contributed by atoms with E-state index >= 15 is 0 Å². The zero-order valence-electron chi connectivity index (χ0n) is 11.8. The van der Waals surface area contributed by atoms with Gasteiger partial charge in [0.1, 0.15) is 5.75 Å². The number of aryl methyl sites for hydroxylation is 1. The lowest BCUT2D eigenvalue weighted by atomic mass is 9.82. The Morgan fingerprint density at radius 1 is 1.50 bits per heavy atom. The van der Waals surface area contributed by atoms with Crippen LogP contribution in [0.5, 0.6) is 5.75 Å². The number of likely N-dealkylation sites (N-methyl/N-ethyl adjacent to an activating group) is 1. The fourth-order valence-corrected chi connectivity index (χ4v) is 2.59. The molecule has 0 saturated heterocycles. The molecule has 1 aromatic rings. The van der Waals surface area contributed by atoms with Crippen molar-refractivity contribution in [3.63, 3.8) is 0 Å². The van der Waals surface area contributed by atoms with Gasteiger partial charge in [-0.3, -0.25) is 4.79 Å². The van der Waals surface area contributed by atoms with Gasteiger partial charge in [0.25, 0.3) is 5.91 Å². The standard InChI is InChI=1S/C15H20ClNO3/c1-10-5-12(16)3-4-14(10)20-9-15(19)17(2)8-11-6-13(18)7-11/h3-5,11,13,18H,6-9H2,1-2H3. The second-order valence-electron chi connectivity index (χ2n) is 5.46. The van der Waals surface area contributed by atoms with E-state index in [0.29, 0.717) is 23.2 Å². The van der Waals surface area contributed by atoms with Crippen LogP contribution in [0.15, 0.2) is 18.2 Å². The largest absolute Gasteiger partial charge is 0.483 e. The van der Waals surface area contributed by atoms with Gasteiger partial charge in [-0.2, -0.15) is 0 Å². The van der Waals surface area contributed by atoms with Gasteiger partial charge in [-0.25, -0.2) is 0 Å². The van der Waals surface area contributed by atoms with Crippen molar-refractivity contribution in [2.75, 3.05) is 20.2 Å². The van der Waals surface area contributed by atoms with Crippen LogP contribution >= 0.6 is 11.6 Å². The van der Waals surface area contributed by atoms with Gasteiger partial charge < -0.3 is 14.7 Å². The van der Waals surface area contributed by atoms with Gasteiger partial charge in [-0.05, 0) is 49.4 Å². The van der Waals surface area contributed by atoms with E-state index in [4.69, 9.17) is 16.3 Å². The third kappa shape index (κ3) is 3.87. The molecule has 0 aliphatic heterocycles. The number of halogens is 1. The van der Waals surface area contributed by atoms with Gasteiger partial charge in [0, 0.05) is 18.6 Å². The number of carbonyl (C=O) groups is 1. The highest BCUT2D eigenvalue weighted by atomic mass is 35.5. The molecule has 110 valence electrons. The molecule has 1 saturated carbocycles. The van der Waals surface area contributed by atoms with Crippen LogP contribution in [0, 0.1) is 12.8 Å². The fraction of sp³-hybridized carbons (Fsp3) is 0.533. The summed E-state index contributed by atoms with van der Waals surface area (Å²) in [5.41, 5.74) is 0.912. The maximum atomic E-state index is 12.0. The minimum atomic E-state index is -0.184. The number of amides is 1. The summed E-state index contributed by atoms with van der Waals surface area (Å²) in [5, 5.41) is 9.89. The Morgan fingerprint density at radius 2 is 2.20 bits per heavy atom. The average molecular weight is 298 g/mol. The lowest BCUT2D eigenvalue weighted by molar-refractivity contribution is -0.133. The van der Waals surface area contributed by atoms with Crippen molar-refractivity contribution >= 4 is 17.5 Å². The van der Waals surface area contributed by atoms with Crippen LogP contribution in [0.3, 0.4) is 0 Å². The molecule has 0 bridgehead atoms. The van der Waals surface area contributed by atoms with E-state index in [1.54, 1.807) is 30.1 Å². The molecular formula is C15H20ClNO3. The molecule has 0 spiro atoms. The Bertz CT molecular complexity index is 486. The number of hydrogen-bond acceptors (Lipinski definition) is 3. The van der Waals surface area contributed by atoms with Gasteiger partial charge in [0.15, 0.2) is 6.61 Å². The minimum Gasteiger partial charge on any atom is -0.483 e. The van der Waals surface area contributed by atoms with E-state index in [9.17, 15) is 9.90 Å². The molecule has 0 atom stereocenters. The van der Waals surface area contributed by atoms with E-state index in [-0.39, 0.29) is 18.6 Å². The van der Waals surface area contributed by atoms with E-state index in [2.05, 4.69) is 0 Å². The van der Waals surface area contributed by atoms with Crippen LogP contribution in [-0.4, -0.2) is 42.2 Å². The van der Waals surface area contributed by atoms with Gasteiger partial charge in [0.2, 0.25) is 0 Å². The summed E-state index contributed by atoms with van der Waals surface area (Å²) in [7, 11) is 1.77. The van der Waals surface area contributed by atoms with E-state index < -0.39 is 0 Å². The SMILES string of the molecule is Cc1cc(Cl)ccc1OCC(=O)N(C)CC1CC(O)C1. The number of aliphatic hydroxyl groups is 1. The predicted molar refractivity (Wildman–Crippen MR) is 78.1 cm³/mol. The third-order valence-electron chi connectivity index (χ3n) is 3.66. The second-order valence-corrected chi connectivity index (χ2v) is 5.90. The molecule has 4 nitrogen and oxygen atoms in total. The molecule has 0 radical (unpaired) electrons. The molecule has 1 aliphatic carbocycles. The van der Waals surface area contributed by atoms with Crippen LogP contribution in [-0.2, 0) is 4.79 Å². The Kier molecular flexibility index (Phi) is 4.89.